The Kier molecular flexibility index (Phi) is 14.5. The Labute approximate surface area is 262 Å². The first kappa shape index (κ1) is 33.4. The van der Waals surface area contributed by atoms with Crippen LogP contribution in [0.2, 0.25) is 0 Å². The summed E-state index contributed by atoms with van der Waals surface area (Å²) in [6.07, 6.45) is 0. The molecule has 202 valence electrons. The number of aryl methyl sites for hydroxylation is 4. The number of aliphatic hydroxyl groups excluding tert-OH is 1. The minimum atomic E-state index is -0.183. The Balaban J connectivity index is 0.000000234. The van der Waals surface area contributed by atoms with Crippen molar-refractivity contribution in [3.8, 4) is 22.3 Å². The van der Waals surface area contributed by atoms with Crippen LogP contribution in [0.5, 0.6) is 0 Å². The first-order chi connectivity index (χ1) is 18.0. The number of halogens is 4. The third-order valence-corrected chi connectivity index (χ3v) is 7.31. The summed E-state index contributed by atoms with van der Waals surface area (Å²) in [5, 5.41) is 10.2. The summed E-state index contributed by atoms with van der Waals surface area (Å²) in [7, 11) is 0. The second-order valence-corrected chi connectivity index (χ2v) is 25.1. The predicted octanol–water partition coefficient (Wildman–Crippen LogP) is 12.3. The Morgan fingerprint density at radius 1 is 0.553 bits per heavy atom. The zero-order valence-electron chi connectivity index (χ0n) is 22.7. The lowest BCUT2D eigenvalue weighted by Gasteiger charge is -2.14. The van der Waals surface area contributed by atoms with Gasteiger partial charge in [-0.1, -0.05) is 88.7 Å². The molecule has 0 saturated heterocycles. The van der Waals surface area contributed by atoms with Gasteiger partial charge in [-0.15, -0.1) is 0 Å². The lowest BCUT2D eigenvalue weighted by Crippen LogP contribution is -1.95. The van der Waals surface area contributed by atoms with Crippen molar-refractivity contribution in [2.45, 2.75) is 53.5 Å². The van der Waals surface area contributed by atoms with Crippen molar-refractivity contribution in [2.24, 2.45) is 0 Å². The molecule has 0 fully saturated rings. The molecule has 4 aromatic carbocycles. The summed E-state index contributed by atoms with van der Waals surface area (Å²) in [6.45, 7) is 13.0. The van der Waals surface area contributed by atoms with E-state index in [1.165, 1.54) is 61.2 Å². The summed E-state index contributed by atoms with van der Waals surface area (Å²) < 4.78 is -0.183. The normalized spacial score (nSPS) is 10.4. The quantitative estimate of drug-likeness (QED) is 0.161. The van der Waals surface area contributed by atoms with Gasteiger partial charge in [0.1, 0.15) is 4.03 Å². The maximum absolute atomic E-state index is 9.33. The maximum Gasteiger partial charge on any atom is 0.103 e. The SMILES string of the molecule is BrP(Br)Br.Cc1cccc(C)c1-c1cccc(CBr)c1C.Cc1cccc(C)c1-c1cccc(CO)c1C. The molecule has 4 aromatic rings. The highest BCUT2D eigenvalue weighted by Crippen LogP contribution is 2.59. The summed E-state index contributed by atoms with van der Waals surface area (Å²) in [6, 6.07) is 25.5. The number of hydrogen-bond donors (Lipinski definition) is 1. The Morgan fingerprint density at radius 3 is 1.21 bits per heavy atom. The summed E-state index contributed by atoms with van der Waals surface area (Å²) in [5.74, 6) is 0. The highest BCUT2D eigenvalue weighted by Gasteiger charge is 2.11. The molecule has 1 nitrogen and oxygen atoms in total. The fraction of sp³-hybridized carbons (Fsp3) is 0.250. The van der Waals surface area contributed by atoms with Crippen molar-refractivity contribution in [1.82, 2.24) is 0 Å². The summed E-state index contributed by atoms with van der Waals surface area (Å²) in [4.78, 5) is 0. The van der Waals surface area contributed by atoms with E-state index in [4.69, 9.17) is 0 Å². The average Bonchev–Trinajstić information content (AvgIpc) is 2.86. The molecule has 0 spiro atoms. The van der Waals surface area contributed by atoms with Gasteiger partial charge in [0.25, 0.3) is 0 Å². The third kappa shape index (κ3) is 9.11. The molecular weight excluding hydrogens is 751 g/mol. The van der Waals surface area contributed by atoms with E-state index in [-0.39, 0.29) is 10.6 Å². The molecule has 1 N–H and O–H groups in total. The molecule has 0 saturated carbocycles. The fourth-order valence-electron chi connectivity index (χ4n) is 4.70. The first-order valence-corrected chi connectivity index (χ1v) is 20.8. The van der Waals surface area contributed by atoms with Gasteiger partial charge in [-0.3, -0.25) is 0 Å². The van der Waals surface area contributed by atoms with Crippen LogP contribution in [0.15, 0.2) is 72.8 Å². The molecule has 0 aromatic heterocycles. The van der Waals surface area contributed by atoms with Crippen LogP contribution in [-0.2, 0) is 11.9 Å². The highest BCUT2D eigenvalue weighted by molar-refractivity contribution is 9.93. The van der Waals surface area contributed by atoms with E-state index in [0.29, 0.717) is 0 Å². The summed E-state index contributed by atoms with van der Waals surface area (Å²) in [5.41, 5.74) is 15.4. The lowest BCUT2D eigenvalue weighted by molar-refractivity contribution is 0.281. The standard InChI is InChI=1S/C16H17Br.C16H18O.Br3P/c2*1-11-6-4-7-12(2)16(11)15-9-5-8-14(10-17)13(15)3;1-4(2)3/h4-9H,10H2,1-3H3;4-9,17H,10H2,1-3H3;. The number of benzene rings is 4. The minimum Gasteiger partial charge on any atom is -0.392 e. The Hall–Kier alpha value is -0.810. The van der Waals surface area contributed by atoms with Gasteiger partial charge < -0.3 is 5.11 Å². The second-order valence-electron chi connectivity index (χ2n) is 9.20. The number of alkyl halides is 1. The molecule has 0 bridgehead atoms. The van der Waals surface area contributed by atoms with Gasteiger partial charge in [0.05, 0.1) is 6.61 Å². The van der Waals surface area contributed by atoms with Gasteiger partial charge >= 0.3 is 0 Å². The van der Waals surface area contributed by atoms with Crippen LogP contribution in [0.3, 0.4) is 0 Å². The monoisotopic (exact) mass is 782 g/mol. The minimum absolute atomic E-state index is 0.102. The second kappa shape index (κ2) is 16.5. The van der Waals surface area contributed by atoms with E-state index in [1.54, 1.807) is 0 Å². The molecule has 6 heteroatoms. The topological polar surface area (TPSA) is 20.2 Å². The molecule has 0 heterocycles. The highest BCUT2D eigenvalue weighted by atomic mass is 80.0. The van der Waals surface area contributed by atoms with Gasteiger partial charge in [0.2, 0.25) is 0 Å². The van der Waals surface area contributed by atoms with Gasteiger partial charge in [-0.05, 0) is 155 Å². The first-order valence-electron chi connectivity index (χ1n) is 12.3. The van der Waals surface area contributed by atoms with Gasteiger partial charge in [0, 0.05) is 5.33 Å². The average molecular weight is 786 g/mol. The molecule has 38 heavy (non-hydrogen) atoms. The van der Waals surface area contributed by atoms with Gasteiger partial charge in [0.15, 0.2) is 0 Å². The Bertz CT molecular complexity index is 1210. The van der Waals surface area contributed by atoms with Crippen molar-refractivity contribution in [2.75, 3.05) is 0 Å². The maximum atomic E-state index is 9.33. The van der Waals surface area contributed by atoms with Crippen molar-refractivity contribution in [1.29, 1.82) is 0 Å². The fourth-order valence-corrected chi connectivity index (χ4v) is 5.31. The summed E-state index contributed by atoms with van der Waals surface area (Å²) >= 11 is 13.1. The van der Waals surface area contributed by atoms with Crippen LogP contribution in [0.4, 0.5) is 0 Å². The van der Waals surface area contributed by atoms with E-state index in [0.717, 1.165) is 10.9 Å². The van der Waals surface area contributed by atoms with Crippen LogP contribution >= 0.6 is 66.4 Å². The molecule has 0 radical (unpaired) electrons. The molecule has 4 rings (SSSR count). The molecule has 0 aliphatic carbocycles. The van der Waals surface area contributed by atoms with Gasteiger partial charge in [-0.2, -0.15) is 0 Å². The molecule has 0 unspecified atom stereocenters. The van der Waals surface area contributed by atoms with Crippen molar-refractivity contribution < 1.29 is 5.11 Å². The van der Waals surface area contributed by atoms with Gasteiger partial charge in [-0.25, -0.2) is 0 Å². The van der Waals surface area contributed by atoms with Crippen molar-refractivity contribution in [3.05, 3.63) is 117 Å². The van der Waals surface area contributed by atoms with Crippen molar-refractivity contribution in [3.63, 3.8) is 0 Å². The molecular formula is C32H35Br4OP. The number of hydrogen-bond acceptors (Lipinski definition) is 1. The lowest BCUT2D eigenvalue weighted by atomic mass is 9.91. The van der Waals surface area contributed by atoms with E-state index >= 15 is 0 Å². The Morgan fingerprint density at radius 2 is 0.868 bits per heavy atom. The molecule has 0 amide bonds. The van der Waals surface area contributed by atoms with Crippen molar-refractivity contribution >= 4 is 66.4 Å². The van der Waals surface area contributed by atoms with Crippen LogP contribution in [-0.4, -0.2) is 5.11 Å². The van der Waals surface area contributed by atoms with Crippen LogP contribution in [0.25, 0.3) is 22.3 Å². The van der Waals surface area contributed by atoms with Crippen LogP contribution in [0.1, 0.15) is 44.5 Å². The molecule has 0 aliphatic rings. The molecule has 0 aliphatic heterocycles. The largest absolute Gasteiger partial charge is 0.392 e. The van der Waals surface area contributed by atoms with E-state index in [2.05, 4.69) is 165 Å². The predicted molar refractivity (Wildman–Crippen MR) is 184 cm³/mol. The van der Waals surface area contributed by atoms with Crippen LogP contribution in [0, 0.1) is 41.5 Å². The van der Waals surface area contributed by atoms with E-state index in [9.17, 15) is 5.11 Å². The van der Waals surface area contributed by atoms with Crippen LogP contribution < -0.4 is 0 Å². The van der Waals surface area contributed by atoms with E-state index in [1.807, 2.05) is 12.1 Å². The number of rotatable bonds is 4. The smallest absolute Gasteiger partial charge is 0.103 e. The zero-order chi connectivity index (χ0) is 28.4. The molecule has 0 atom stereocenters. The van der Waals surface area contributed by atoms with E-state index < -0.39 is 0 Å². The third-order valence-electron chi connectivity index (χ3n) is 6.71. The zero-order valence-corrected chi connectivity index (χ0v) is 30.0. The number of aliphatic hydroxyl groups is 1.